The summed E-state index contributed by atoms with van der Waals surface area (Å²) < 4.78 is 8.45. The molecule has 0 aliphatic carbocycles. The van der Waals surface area contributed by atoms with Gasteiger partial charge in [-0.1, -0.05) is 28.1 Å². The van der Waals surface area contributed by atoms with Crippen molar-refractivity contribution in [2.45, 2.75) is 6.54 Å². The molecule has 0 saturated carbocycles. The highest BCUT2D eigenvalue weighted by molar-refractivity contribution is 9.10. The van der Waals surface area contributed by atoms with Crippen LogP contribution in [0.15, 0.2) is 77.5 Å². The molecule has 1 amide bonds. The molecular formula is C19H17BrN2O2. The van der Waals surface area contributed by atoms with Crippen molar-refractivity contribution in [3.05, 3.63) is 83.1 Å². The lowest BCUT2D eigenvalue weighted by atomic mass is 10.2. The second-order valence-electron chi connectivity index (χ2n) is 5.28. The molecule has 4 nitrogen and oxygen atoms in total. The highest BCUT2D eigenvalue weighted by Gasteiger charge is 2.03. The molecule has 1 aromatic heterocycles. The normalized spacial score (nSPS) is 10.4. The number of hydrogen-bond acceptors (Lipinski definition) is 2. The van der Waals surface area contributed by atoms with E-state index in [-0.39, 0.29) is 12.5 Å². The van der Waals surface area contributed by atoms with E-state index in [1.54, 1.807) is 0 Å². The number of nitrogens with one attached hydrogen (secondary N) is 1. The van der Waals surface area contributed by atoms with Gasteiger partial charge in [0.25, 0.3) is 5.91 Å². The van der Waals surface area contributed by atoms with E-state index in [2.05, 4.69) is 21.2 Å². The minimum atomic E-state index is -0.146. The highest BCUT2D eigenvalue weighted by Crippen LogP contribution is 2.16. The van der Waals surface area contributed by atoms with Crippen LogP contribution < -0.4 is 10.1 Å². The van der Waals surface area contributed by atoms with Crippen molar-refractivity contribution >= 4 is 21.8 Å². The molecule has 122 valence electrons. The first-order valence-corrected chi connectivity index (χ1v) is 8.37. The molecule has 0 saturated heterocycles. The maximum atomic E-state index is 11.9. The lowest BCUT2D eigenvalue weighted by Crippen LogP contribution is -2.28. The smallest absolute Gasteiger partial charge is 0.258 e. The topological polar surface area (TPSA) is 43.3 Å². The van der Waals surface area contributed by atoms with Gasteiger partial charge in [0.2, 0.25) is 0 Å². The Labute approximate surface area is 149 Å². The number of rotatable bonds is 6. The SMILES string of the molecule is O=C(COc1ccc(Br)cc1)NCc1ccc(-n2cccc2)cc1. The Bertz CT molecular complexity index is 781. The van der Waals surface area contributed by atoms with Crippen molar-refractivity contribution in [1.82, 2.24) is 9.88 Å². The second kappa shape index (κ2) is 7.84. The highest BCUT2D eigenvalue weighted by atomic mass is 79.9. The predicted octanol–water partition coefficient (Wildman–Crippen LogP) is 3.94. The molecule has 0 spiro atoms. The number of hydrogen-bond donors (Lipinski definition) is 1. The number of ether oxygens (including phenoxy) is 1. The van der Waals surface area contributed by atoms with Gasteiger partial charge in [0.05, 0.1) is 0 Å². The van der Waals surface area contributed by atoms with Gasteiger partial charge >= 0.3 is 0 Å². The van der Waals surface area contributed by atoms with E-state index in [0.717, 1.165) is 15.7 Å². The summed E-state index contributed by atoms with van der Waals surface area (Å²) in [4.78, 5) is 11.9. The first kappa shape index (κ1) is 16.3. The molecule has 1 N–H and O–H groups in total. The van der Waals surface area contributed by atoms with Crippen molar-refractivity contribution in [3.8, 4) is 11.4 Å². The zero-order valence-corrected chi connectivity index (χ0v) is 14.6. The lowest BCUT2D eigenvalue weighted by Gasteiger charge is -2.09. The van der Waals surface area contributed by atoms with Crippen molar-refractivity contribution in [1.29, 1.82) is 0 Å². The van der Waals surface area contributed by atoms with Crippen molar-refractivity contribution in [2.75, 3.05) is 6.61 Å². The maximum Gasteiger partial charge on any atom is 0.258 e. The molecule has 0 aliphatic heterocycles. The van der Waals surface area contributed by atoms with E-state index in [1.807, 2.05) is 77.6 Å². The van der Waals surface area contributed by atoms with Gasteiger partial charge in [-0.15, -0.1) is 0 Å². The van der Waals surface area contributed by atoms with Gasteiger partial charge in [-0.05, 0) is 54.1 Å². The summed E-state index contributed by atoms with van der Waals surface area (Å²) in [6.07, 6.45) is 3.99. The lowest BCUT2D eigenvalue weighted by molar-refractivity contribution is -0.123. The summed E-state index contributed by atoms with van der Waals surface area (Å²) in [5.74, 6) is 0.525. The molecule has 1 heterocycles. The van der Waals surface area contributed by atoms with Crippen molar-refractivity contribution < 1.29 is 9.53 Å². The number of halogens is 1. The first-order valence-electron chi connectivity index (χ1n) is 7.58. The minimum absolute atomic E-state index is 0.00306. The third kappa shape index (κ3) is 4.49. The Morgan fingerprint density at radius 2 is 1.67 bits per heavy atom. The van der Waals surface area contributed by atoms with Crippen molar-refractivity contribution in [3.63, 3.8) is 0 Å². The molecular weight excluding hydrogens is 368 g/mol. The van der Waals surface area contributed by atoms with Crippen molar-refractivity contribution in [2.24, 2.45) is 0 Å². The van der Waals surface area contributed by atoms with Gasteiger partial charge in [0.15, 0.2) is 6.61 Å². The Hall–Kier alpha value is -2.53. The minimum Gasteiger partial charge on any atom is -0.484 e. The Balaban J connectivity index is 1.46. The van der Waals surface area contributed by atoms with Crippen LogP contribution in [-0.2, 0) is 11.3 Å². The second-order valence-corrected chi connectivity index (χ2v) is 6.19. The Morgan fingerprint density at radius 1 is 1.00 bits per heavy atom. The number of benzene rings is 2. The number of carbonyl (C=O) groups is 1. The van der Waals surface area contributed by atoms with Crippen LogP contribution >= 0.6 is 15.9 Å². The molecule has 0 radical (unpaired) electrons. The van der Waals surface area contributed by atoms with Gasteiger partial charge < -0.3 is 14.6 Å². The summed E-state index contributed by atoms with van der Waals surface area (Å²) in [6.45, 7) is 0.484. The Kier molecular flexibility index (Phi) is 5.33. The molecule has 0 bridgehead atoms. The van der Waals surface area contributed by atoms with E-state index in [0.29, 0.717) is 12.3 Å². The summed E-state index contributed by atoms with van der Waals surface area (Å²) in [6, 6.07) is 19.4. The predicted molar refractivity (Wildman–Crippen MR) is 97.3 cm³/mol. The maximum absolute atomic E-state index is 11.9. The van der Waals surface area contributed by atoms with Crippen LogP contribution in [0.4, 0.5) is 0 Å². The van der Waals surface area contributed by atoms with Gasteiger partial charge in [-0.25, -0.2) is 0 Å². The first-order chi connectivity index (χ1) is 11.7. The van der Waals surface area contributed by atoms with Crippen LogP contribution in [0.25, 0.3) is 5.69 Å². The van der Waals surface area contributed by atoms with Crippen LogP contribution in [0.2, 0.25) is 0 Å². The van der Waals surface area contributed by atoms with Crippen LogP contribution in [-0.4, -0.2) is 17.1 Å². The van der Waals surface area contributed by atoms with Crippen LogP contribution in [0, 0.1) is 0 Å². The number of amides is 1. The number of aromatic nitrogens is 1. The van der Waals surface area contributed by atoms with E-state index >= 15 is 0 Å². The molecule has 2 aromatic carbocycles. The molecule has 0 atom stereocenters. The zero-order chi connectivity index (χ0) is 16.8. The molecule has 3 aromatic rings. The van der Waals surface area contributed by atoms with E-state index in [4.69, 9.17) is 4.74 Å². The average molecular weight is 385 g/mol. The van der Waals surface area contributed by atoms with Gasteiger partial charge in [0.1, 0.15) is 5.75 Å². The van der Waals surface area contributed by atoms with Crippen LogP contribution in [0.3, 0.4) is 0 Å². The number of nitrogens with zero attached hydrogens (tertiary/aromatic N) is 1. The van der Waals surface area contributed by atoms with Gasteiger partial charge in [0, 0.05) is 29.1 Å². The fourth-order valence-electron chi connectivity index (χ4n) is 2.22. The Morgan fingerprint density at radius 3 is 2.33 bits per heavy atom. The third-order valence-corrected chi connectivity index (χ3v) is 4.04. The van der Waals surface area contributed by atoms with Gasteiger partial charge in [-0.2, -0.15) is 0 Å². The molecule has 0 aliphatic rings. The average Bonchev–Trinajstić information content (AvgIpc) is 3.14. The van der Waals surface area contributed by atoms with E-state index < -0.39 is 0 Å². The third-order valence-electron chi connectivity index (χ3n) is 3.51. The molecule has 0 unspecified atom stereocenters. The van der Waals surface area contributed by atoms with Crippen LogP contribution in [0.1, 0.15) is 5.56 Å². The summed E-state index contributed by atoms with van der Waals surface area (Å²) >= 11 is 3.36. The largest absolute Gasteiger partial charge is 0.484 e. The zero-order valence-electron chi connectivity index (χ0n) is 13.0. The summed E-state index contributed by atoms with van der Waals surface area (Å²) in [5.41, 5.74) is 2.14. The van der Waals surface area contributed by atoms with E-state index in [9.17, 15) is 4.79 Å². The number of carbonyl (C=O) groups excluding carboxylic acids is 1. The van der Waals surface area contributed by atoms with Gasteiger partial charge in [-0.3, -0.25) is 4.79 Å². The molecule has 24 heavy (non-hydrogen) atoms. The fraction of sp³-hybridized carbons (Fsp3) is 0.105. The van der Waals surface area contributed by atoms with E-state index in [1.165, 1.54) is 0 Å². The molecule has 0 fully saturated rings. The fourth-order valence-corrected chi connectivity index (χ4v) is 2.49. The summed E-state index contributed by atoms with van der Waals surface area (Å²) in [7, 11) is 0. The summed E-state index contributed by atoms with van der Waals surface area (Å²) in [5, 5.41) is 2.85. The monoisotopic (exact) mass is 384 g/mol. The quantitative estimate of drug-likeness (QED) is 0.699. The molecule has 3 rings (SSSR count). The molecule has 5 heteroatoms. The van der Waals surface area contributed by atoms with Crippen LogP contribution in [0.5, 0.6) is 5.75 Å². The standard InChI is InChI=1S/C19H17BrN2O2/c20-16-5-9-18(10-6-16)24-14-19(23)21-13-15-3-7-17(8-4-15)22-11-1-2-12-22/h1-12H,13-14H2,(H,21,23).